The van der Waals surface area contributed by atoms with E-state index in [2.05, 4.69) is 17.6 Å². The fourth-order valence-corrected chi connectivity index (χ4v) is 3.22. The number of phenolic OH excluding ortho intramolecular Hbond substituents is 1. The van der Waals surface area contributed by atoms with Gasteiger partial charge < -0.3 is 25.4 Å². The number of hydrogen-bond donors (Lipinski definition) is 3. The number of nitrogens with zero attached hydrogens (tertiary/aromatic N) is 1. The highest BCUT2D eigenvalue weighted by Crippen LogP contribution is 2.29. The zero-order chi connectivity index (χ0) is 24.5. The van der Waals surface area contributed by atoms with Crippen molar-refractivity contribution in [2.24, 2.45) is 5.92 Å². The van der Waals surface area contributed by atoms with Crippen molar-refractivity contribution < 1.29 is 24.2 Å². The quantitative estimate of drug-likeness (QED) is 0.472. The maximum atomic E-state index is 13.4. The van der Waals surface area contributed by atoms with E-state index >= 15 is 0 Å². The van der Waals surface area contributed by atoms with Crippen LogP contribution >= 0.6 is 0 Å². The van der Waals surface area contributed by atoms with Crippen LogP contribution in [0.25, 0.3) is 0 Å². The molecule has 0 aliphatic rings. The first-order valence-corrected chi connectivity index (χ1v) is 11.2. The molecule has 1 rings (SSSR count). The fraction of sp³-hybridized carbons (Fsp3) is 0.625. The fourth-order valence-electron chi connectivity index (χ4n) is 3.22. The number of likely N-dealkylation sites (N-methyl/N-ethyl adjacent to an activating group) is 1. The van der Waals surface area contributed by atoms with Crippen LogP contribution < -0.4 is 10.6 Å². The maximum Gasteiger partial charge on any atom is 0.408 e. The largest absolute Gasteiger partial charge is 0.508 e. The van der Waals surface area contributed by atoms with Gasteiger partial charge in [0.05, 0.1) is 0 Å². The zero-order valence-electron chi connectivity index (χ0n) is 20.4. The van der Waals surface area contributed by atoms with Crippen molar-refractivity contribution in [3.63, 3.8) is 0 Å². The Morgan fingerprint density at radius 1 is 1.12 bits per heavy atom. The number of alkyl carbamates (subject to hydrolysis) is 1. The molecule has 1 aromatic rings. The van der Waals surface area contributed by atoms with Gasteiger partial charge in [-0.2, -0.15) is 0 Å². The molecule has 0 fully saturated rings. The molecule has 0 aliphatic heterocycles. The van der Waals surface area contributed by atoms with Crippen LogP contribution in [-0.4, -0.2) is 53.1 Å². The second-order valence-corrected chi connectivity index (χ2v) is 9.28. The van der Waals surface area contributed by atoms with Crippen molar-refractivity contribution >= 4 is 17.9 Å². The topological polar surface area (TPSA) is 108 Å². The van der Waals surface area contributed by atoms with Gasteiger partial charge in [-0.15, -0.1) is 0 Å². The van der Waals surface area contributed by atoms with Crippen molar-refractivity contribution in [2.75, 3.05) is 13.6 Å². The Labute approximate surface area is 191 Å². The van der Waals surface area contributed by atoms with E-state index in [1.54, 1.807) is 52.8 Å². The molecule has 0 saturated heterocycles. The lowest BCUT2D eigenvalue weighted by atomic mass is 9.99. The number of benzene rings is 1. The van der Waals surface area contributed by atoms with E-state index in [0.29, 0.717) is 12.1 Å². The molecule has 0 saturated carbocycles. The summed E-state index contributed by atoms with van der Waals surface area (Å²) >= 11 is 0. The summed E-state index contributed by atoms with van der Waals surface area (Å²) in [4.78, 5) is 40.0. The van der Waals surface area contributed by atoms with E-state index in [1.165, 1.54) is 18.0 Å². The van der Waals surface area contributed by atoms with Gasteiger partial charge in [0.15, 0.2) is 0 Å². The van der Waals surface area contributed by atoms with Gasteiger partial charge in [-0.1, -0.05) is 51.8 Å². The molecule has 2 atom stereocenters. The average Bonchev–Trinajstić information content (AvgIpc) is 2.69. The lowest BCUT2D eigenvalue weighted by Gasteiger charge is -2.33. The maximum absolute atomic E-state index is 13.4. The predicted octanol–water partition coefficient (Wildman–Crippen LogP) is 3.75. The number of aromatic hydroxyl groups is 1. The third-order valence-corrected chi connectivity index (χ3v) is 4.90. The van der Waals surface area contributed by atoms with Crippen LogP contribution in [0.2, 0.25) is 0 Å². The Bertz CT molecular complexity index is 773. The monoisotopic (exact) mass is 449 g/mol. The van der Waals surface area contributed by atoms with Crippen LogP contribution in [0.1, 0.15) is 72.4 Å². The Morgan fingerprint density at radius 2 is 1.75 bits per heavy atom. The SMILES string of the molecule is CCCCCNC(=O)C(c1ccccc1O)N(C)C(=O)C(NC(=O)OC(C)(C)C)C(C)C. The molecule has 0 bridgehead atoms. The number of carbonyl (C=O) groups is 3. The normalized spacial score (nSPS) is 13.2. The summed E-state index contributed by atoms with van der Waals surface area (Å²) in [6.07, 6.45) is 2.11. The molecule has 0 spiro atoms. The van der Waals surface area contributed by atoms with Gasteiger partial charge in [-0.3, -0.25) is 9.59 Å². The highest BCUT2D eigenvalue weighted by molar-refractivity contribution is 5.92. The first-order chi connectivity index (χ1) is 14.9. The molecule has 3 N–H and O–H groups in total. The van der Waals surface area contributed by atoms with Crippen LogP contribution in [0.4, 0.5) is 4.79 Å². The summed E-state index contributed by atoms with van der Waals surface area (Å²) in [5.41, 5.74) is -0.395. The lowest BCUT2D eigenvalue weighted by molar-refractivity contribution is -0.141. The van der Waals surface area contributed by atoms with Crippen LogP contribution in [0.3, 0.4) is 0 Å². The summed E-state index contributed by atoms with van der Waals surface area (Å²) in [5, 5.41) is 15.9. The standard InChI is InChI=1S/C24H39N3O5/c1-8-9-12-15-25-21(29)20(17-13-10-11-14-18(17)28)27(7)22(30)19(16(2)3)26-23(31)32-24(4,5)6/h10-11,13-14,16,19-20,28H,8-9,12,15H2,1-7H3,(H,25,29)(H,26,31). The first-order valence-electron chi connectivity index (χ1n) is 11.2. The number of ether oxygens (including phenoxy) is 1. The van der Waals surface area contributed by atoms with Gasteiger partial charge in [0.25, 0.3) is 0 Å². The Morgan fingerprint density at radius 3 is 2.28 bits per heavy atom. The molecule has 180 valence electrons. The molecule has 0 radical (unpaired) electrons. The van der Waals surface area contributed by atoms with Gasteiger partial charge in [0.2, 0.25) is 11.8 Å². The van der Waals surface area contributed by atoms with Gasteiger partial charge >= 0.3 is 6.09 Å². The molecular weight excluding hydrogens is 410 g/mol. The summed E-state index contributed by atoms with van der Waals surface area (Å²) in [6, 6.07) is 4.48. The molecule has 0 heterocycles. The molecule has 8 nitrogen and oxygen atoms in total. The van der Waals surface area contributed by atoms with Gasteiger partial charge in [0.1, 0.15) is 23.4 Å². The molecule has 1 aromatic carbocycles. The Kier molecular flexibility index (Phi) is 10.5. The summed E-state index contributed by atoms with van der Waals surface area (Å²) < 4.78 is 5.30. The summed E-state index contributed by atoms with van der Waals surface area (Å²) in [6.45, 7) is 11.4. The summed E-state index contributed by atoms with van der Waals surface area (Å²) in [5.74, 6) is -1.18. The minimum Gasteiger partial charge on any atom is -0.508 e. The number of rotatable bonds is 10. The van der Waals surface area contributed by atoms with E-state index < -0.39 is 35.6 Å². The van der Waals surface area contributed by atoms with E-state index in [-0.39, 0.29) is 11.7 Å². The molecule has 0 aliphatic carbocycles. The highest BCUT2D eigenvalue weighted by Gasteiger charge is 2.36. The zero-order valence-corrected chi connectivity index (χ0v) is 20.4. The molecular formula is C24H39N3O5. The number of carbonyl (C=O) groups excluding carboxylic acids is 3. The molecule has 8 heteroatoms. The third kappa shape index (κ3) is 8.40. The van der Waals surface area contributed by atoms with Crippen molar-refractivity contribution in [2.45, 2.75) is 78.5 Å². The second kappa shape index (κ2) is 12.3. The number of hydrogen-bond acceptors (Lipinski definition) is 5. The molecule has 0 aromatic heterocycles. The molecule has 2 unspecified atom stereocenters. The van der Waals surface area contributed by atoms with Crippen molar-refractivity contribution in [3.8, 4) is 5.75 Å². The summed E-state index contributed by atoms with van der Waals surface area (Å²) in [7, 11) is 1.50. The van der Waals surface area contributed by atoms with Gasteiger partial charge in [-0.25, -0.2) is 4.79 Å². The number of amides is 3. The van der Waals surface area contributed by atoms with E-state index in [0.717, 1.165) is 19.3 Å². The Balaban J connectivity index is 3.15. The minimum absolute atomic E-state index is 0.0814. The van der Waals surface area contributed by atoms with E-state index in [1.807, 2.05) is 0 Å². The van der Waals surface area contributed by atoms with Crippen LogP contribution in [0.5, 0.6) is 5.75 Å². The smallest absolute Gasteiger partial charge is 0.408 e. The number of unbranched alkanes of at least 4 members (excludes halogenated alkanes) is 2. The van der Waals surface area contributed by atoms with Crippen molar-refractivity contribution in [1.82, 2.24) is 15.5 Å². The van der Waals surface area contributed by atoms with Crippen LogP contribution in [0.15, 0.2) is 24.3 Å². The molecule has 32 heavy (non-hydrogen) atoms. The highest BCUT2D eigenvalue weighted by atomic mass is 16.6. The van der Waals surface area contributed by atoms with Crippen molar-refractivity contribution in [1.29, 1.82) is 0 Å². The van der Waals surface area contributed by atoms with Crippen molar-refractivity contribution in [3.05, 3.63) is 29.8 Å². The third-order valence-electron chi connectivity index (χ3n) is 4.90. The number of phenols is 1. The Hall–Kier alpha value is -2.77. The van der Waals surface area contributed by atoms with Gasteiger partial charge in [-0.05, 0) is 39.2 Å². The second-order valence-electron chi connectivity index (χ2n) is 9.28. The minimum atomic E-state index is -1.05. The number of para-hydroxylation sites is 1. The average molecular weight is 450 g/mol. The number of nitrogens with one attached hydrogen (secondary N) is 2. The predicted molar refractivity (Wildman–Crippen MR) is 124 cm³/mol. The van der Waals surface area contributed by atoms with Gasteiger partial charge in [0, 0.05) is 19.2 Å². The van der Waals surface area contributed by atoms with E-state index in [4.69, 9.17) is 4.74 Å². The van der Waals surface area contributed by atoms with Crippen LogP contribution in [-0.2, 0) is 14.3 Å². The van der Waals surface area contributed by atoms with E-state index in [9.17, 15) is 19.5 Å². The molecule has 3 amide bonds. The van der Waals surface area contributed by atoms with Crippen LogP contribution in [0, 0.1) is 5.92 Å². The first kappa shape index (κ1) is 27.3. The lowest BCUT2D eigenvalue weighted by Crippen LogP contribution is -2.53.